The van der Waals surface area contributed by atoms with Crippen LogP contribution in [0.25, 0.3) is 0 Å². The maximum absolute atomic E-state index is 12.0. The molecule has 4 heteroatoms. The summed E-state index contributed by atoms with van der Waals surface area (Å²) in [6, 6.07) is 19.2. The summed E-state index contributed by atoms with van der Waals surface area (Å²) in [5, 5.41) is 2.63. The molecule has 1 amide bonds. The molecule has 0 aromatic heterocycles. The molecule has 0 fully saturated rings. The summed E-state index contributed by atoms with van der Waals surface area (Å²) >= 11 is 0. The molecule has 0 spiro atoms. The fourth-order valence-electron chi connectivity index (χ4n) is 2.18. The van der Waals surface area contributed by atoms with Crippen LogP contribution in [0.5, 0.6) is 0 Å². The smallest absolute Gasteiger partial charge is 0.325 e. The molecule has 2 aromatic carbocycles. The van der Waals surface area contributed by atoms with E-state index in [0.29, 0.717) is 6.42 Å². The van der Waals surface area contributed by atoms with Crippen LogP contribution in [-0.2, 0) is 27.4 Å². The lowest BCUT2D eigenvalue weighted by molar-refractivity contribution is -0.145. The van der Waals surface area contributed by atoms with Crippen LogP contribution >= 0.6 is 0 Å². The predicted molar refractivity (Wildman–Crippen MR) is 88.6 cm³/mol. The summed E-state index contributed by atoms with van der Waals surface area (Å²) < 4.78 is 5.12. The molecule has 1 atom stereocenters. The van der Waals surface area contributed by atoms with Crippen LogP contribution in [0, 0.1) is 5.92 Å². The van der Waals surface area contributed by atoms with Crippen LogP contribution in [0.3, 0.4) is 0 Å². The van der Waals surface area contributed by atoms with Gasteiger partial charge in [-0.05, 0) is 17.5 Å². The molecule has 0 aliphatic heterocycles. The molecule has 0 unspecified atom stereocenters. The second kappa shape index (κ2) is 8.73. The zero-order valence-electron chi connectivity index (χ0n) is 13.2. The van der Waals surface area contributed by atoms with Gasteiger partial charge in [-0.3, -0.25) is 9.59 Å². The minimum atomic E-state index is -0.436. The summed E-state index contributed by atoms with van der Waals surface area (Å²) in [5.74, 6) is -0.779. The van der Waals surface area contributed by atoms with Crippen molar-refractivity contribution in [2.45, 2.75) is 20.0 Å². The third kappa shape index (κ3) is 5.94. The van der Waals surface area contributed by atoms with E-state index in [9.17, 15) is 9.59 Å². The highest BCUT2D eigenvalue weighted by Gasteiger charge is 2.14. The normalized spacial score (nSPS) is 11.5. The van der Waals surface area contributed by atoms with Crippen molar-refractivity contribution >= 4 is 11.9 Å². The molecule has 1 N–H and O–H groups in total. The molecular weight excluding hydrogens is 290 g/mol. The Labute approximate surface area is 136 Å². The molecule has 2 rings (SSSR count). The molecule has 0 bridgehead atoms. The standard InChI is InChI=1S/C19H21NO3/c1-15(12-16-8-4-2-5-9-16)19(22)20-13-18(21)23-14-17-10-6-3-7-11-17/h2-11,15H,12-14H2,1H3,(H,20,22)/t15-/m0/s1. The van der Waals surface area contributed by atoms with Gasteiger partial charge in [0.05, 0.1) is 0 Å². The van der Waals surface area contributed by atoms with Gasteiger partial charge in [0.2, 0.25) is 5.91 Å². The zero-order chi connectivity index (χ0) is 16.5. The lowest BCUT2D eigenvalue weighted by Gasteiger charge is -2.12. The Morgan fingerprint density at radius 3 is 2.13 bits per heavy atom. The summed E-state index contributed by atoms with van der Waals surface area (Å²) in [6.45, 7) is 1.96. The van der Waals surface area contributed by atoms with Crippen molar-refractivity contribution in [2.24, 2.45) is 5.92 Å². The fraction of sp³-hybridized carbons (Fsp3) is 0.263. The zero-order valence-corrected chi connectivity index (χ0v) is 13.2. The molecule has 0 aliphatic carbocycles. The lowest BCUT2D eigenvalue weighted by atomic mass is 10.0. The Morgan fingerprint density at radius 2 is 1.52 bits per heavy atom. The van der Waals surface area contributed by atoms with E-state index in [1.165, 1.54) is 0 Å². The summed E-state index contributed by atoms with van der Waals surface area (Å²) in [6.07, 6.45) is 0.645. The van der Waals surface area contributed by atoms with E-state index in [4.69, 9.17) is 4.74 Å². The van der Waals surface area contributed by atoms with E-state index in [0.717, 1.165) is 11.1 Å². The third-order valence-electron chi connectivity index (χ3n) is 3.48. The number of ether oxygens (including phenoxy) is 1. The maximum Gasteiger partial charge on any atom is 0.325 e. The molecule has 0 aliphatic rings. The molecule has 0 radical (unpaired) electrons. The summed E-state index contributed by atoms with van der Waals surface area (Å²) in [5.41, 5.74) is 2.02. The number of amides is 1. The van der Waals surface area contributed by atoms with Crippen LogP contribution in [0.15, 0.2) is 60.7 Å². The van der Waals surface area contributed by atoms with Gasteiger partial charge >= 0.3 is 5.97 Å². The van der Waals surface area contributed by atoms with Crippen molar-refractivity contribution in [1.82, 2.24) is 5.32 Å². The lowest BCUT2D eigenvalue weighted by Crippen LogP contribution is -2.35. The molecule has 23 heavy (non-hydrogen) atoms. The van der Waals surface area contributed by atoms with Crippen molar-refractivity contribution in [3.8, 4) is 0 Å². The molecule has 0 heterocycles. The first kappa shape index (κ1) is 16.7. The van der Waals surface area contributed by atoms with Gasteiger partial charge in [-0.15, -0.1) is 0 Å². The van der Waals surface area contributed by atoms with E-state index in [1.54, 1.807) is 0 Å². The minimum Gasteiger partial charge on any atom is -0.460 e. The topological polar surface area (TPSA) is 55.4 Å². The van der Waals surface area contributed by atoms with Crippen molar-refractivity contribution in [3.63, 3.8) is 0 Å². The Morgan fingerprint density at radius 1 is 0.957 bits per heavy atom. The van der Waals surface area contributed by atoms with Crippen molar-refractivity contribution in [2.75, 3.05) is 6.54 Å². The van der Waals surface area contributed by atoms with Crippen molar-refractivity contribution in [3.05, 3.63) is 71.8 Å². The highest BCUT2D eigenvalue weighted by Crippen LogP contribution is 2.08. The van der Waals surface area contributed by atoms with Gasteiger partial charge in [0, 0.05) is 5.92 Å². The Bertz CT molecular complexity index is 626. The van der Waals surface area contributed by atoms with Crippen LogP contribution in [0.2, 0.25) is 0 Å². The van der Waals surface area contributed by atoms with E-state index in [-0.39, 0.29) is 25.0 Å². The quantitative estimate of drug-likeness (QED) is 0.800. The number of hydrogen-bond acceptors (Lipinski definition) is 3. The van der Waals surface area contributed by atoms with Crippen LogP contribution < -0.4 is 5.32 Å². The highest BCUT2D eigenvalue weighted by molar-refractivity contribution is 5.83. The fourth-order valence-corrected chi connectivity index (χ4v) is 2.18. The van der Waals surface area contributed by atoms with Gasteiger partial charge < -0.3 is 10.1 Å². The third-order valence-corrected chi connectivity index (χ3v) is 3.48. The Balaban J connectivity index is 1.70. The monoisotopic (exact) mass is 311 g/mol. The van der Waals surface area contributed by atoms with Crippen LogP contribution in [0.1, 0.15) is 18.1 Å². The number of benzene rings is 2. The summed E-state index contributed by atoms with van der Waals surface area (Å²) in [7, 11) is 0. The average molecular weight is 311 g/mol. The first-order valence-electron chi connectivity index (χ1n) is 7.66. The van der Waals surface area contributed by atoms with E-state index < -0.39 is 5.97 Å². The van der Waals surface area contributed by atoms with Gasteiger partial charge in [-0.1, -0.05) is 67.6 Å². The van der Waals surface area contributed by atoms with E-state index in [2.05, 4.69) is 5.32 Å². The van der Waals surface area contributed by atoms with Gasteiger partial charge in [0.15, 0.2) is 0 Å². The largest absolute Gasteiger partial charge is 0.460 e. The molecule has 0 saturated heterocycles. The number of nitrogens with one attached hydrogen (secondary N) is 1. The molecule has 120 valence electrons. The molecule has 0 saturated carbocycles. The van der Waals surface area contributed by atoms with Gasteiger partial charge in [0.25, 0.3) is 0 Å². The van der Waals surface area contributed by atoms with E-state index >= 15 is 0 Å². The number of carbonyl (C=O) groups excluding carboxylic acids is 2. The van der Waals surface area contributed by atoms with Crippen molar-refractivity contribution < 1.29 is 14.3 Å². The highest BCUT2D eigenvalue weighted by atomic mass is 16.5. The summed E-state index contributed by atoms with van der Waals surface area (Å²) in [4.78, 5) is 23.7. The second-order valence-corrected chi connectivity index (χ2v) is 5.45. The number of rotatable bonds is 7. The van der Waals surface area contributed by atoms with Gasteiger partial charge in [0.1, 0.15) is 13.2 Å². The Hall–Kier alpha value is -2.62. The maximum atomic E-state index is 12.0. The van der Waals surface area contributed by atoms with Crippen LogP contribution in [0.4, 0.5) is 0 Å². The second-order valence-electron chi connectivity index (χ2n) is 5.45. The molecular formula is C19H21NO3. The first-order valence-corrected chi connectivity index (χ1v) is 7.66. The van der Waals surface area contributed by atoms with Crippen molar-refractivity contribution in [1.29, 1.82) is 0 Å². The number of hydrogen-bond donors (Lipinski definition) is 1. The van der Waals surface area contributed by atoms with E-state index in [1.807, 2.05) is 67.6 Å². The Kier molecular flexibility index (Phi) is 6.36. The molecule has 2 aromatic rings. The number of esters is 1. The first-order chi connectivity index (χ1) is 11.1. The minimum absolute atomic E-state index is 0.106. The number of carbonyl (C=O) groups is 2. The molecule has 4 nitrogen and oxygen atoms in total. The SMILES string of the molecule is C[C@@H](Cc1ccccc1)C(=O)NCC(=O)OCc1ccccc1. The van der Waals surface area contributed by atoms with Gasteiger partial charge in [-0.25, -0.2) is 0 Å². The van der Waals surface area contributed by atoms with Gasteiger partial charge in [-0.2, -0.15) is 0 Å². The predicted octanol–water partition coefficient (Wildman–Crippen LogP) is 2.72. The average Bonchev–Trinajstić information content (AvgIpc) is 2.59. The van der Waals surface area contributed by atoms with Crippen LogP contribution in [-0.4, -0.2) is 18.4 Å².